The lowest BCUT2D eigenvalue weighted by Crippen LogP contribution is -2.11. The number of fused-ring (bicyclic) bond motifs is 1. The van der Waals surface area contributed by atoms with Crippen molar-refractivity contribution in [2.45, 2.75) is 109 Å². The number of nitrogens with two attached hydrogens (primary N) is 1. The number of anilines is 1. The molecule has 14 heteroatoms. The SMILES string of the molecule is Nc1ncnc2c1ncn2CCOCP(=O)(OCCCCCCCCC(O)CO)OCCCCCCCCC(O)CO. The Morgan fingerprint density at radius 1 is 0.762 bits per heavy atom. The van der Waals surface area contributed by atoms with Crippen LogP contribution in [0.4, 0.5) is 5.82 Å². The van der Waals surface area contributed by atoms with Crippen LogP contribution in [0.5, 0.6) is 0 Å². The van der Waals surface area contributed by atoms with Crippen molar-refractivity contribution in [1.82, 2.24) is 19.5 Å². The highest BCUT2D eigenvalue weighted by atomic mass is 31.2. The number of imidazole rings is 1. The van der Waals surface area contributed by atoms with Gasteiger partial charge in [-0.1, -0.05) is 64.2 Å². The molecule has 2 rings (SSSR count). The van der Waals surface area contributed by atoms with E-state index in [0.717, 1.165) is 77.0 Å². The van der Waals surface area contributed by atoms with Gasteiger partial charge in [0.1, 0.15) is 18.2 Å². The van der Waals surface area contributed by atoms with Gasteiger partial charge in [-0.3, -0.25) is 4.57 Å². The maximum Gasteiger partial charge on any atom is 0.356 e. The van der Waals surface area contributed by atoms with E-state index in [-0.39, 0.29) is 26.2 Å². The highest BCUT2D eigenvalue weighted by molar-refractivity contribution is 7.53. The van der Waals surface area contributed by atoms with Gasteiger partial charge >= 0.3 is 7.60 Å². The molecule has 0 fully saturated rings. The van der Waals surface area contributed by atoms with E-state index in [1.54, 1.807) is 10.9 Å². The van der Waals surface area contributed by atoms with Crippen molar-refractivity contribution in [1.29, 1.82) is 0 Å². The number of aliphatic hydroxyl groups excluding tert-OH is 4. The Hall–Kier alpha value is -1.70. The Labute approximate surface area is 249 Å². The van der Waals surface area contributed by atoms with Crippen molar-refractivity contribution in [3.8, 4) is 0 Å². The molecule has 0 bridgehead atoms. The van der Waals surface area contributed by atoms with Gasteiger partial charge < -0.3 is 44.5 Å². The van der Waals surface area contributed by atoms with Gasteiger partial charge in [0.25, 0.3) is 0 Å². The average molecular weight is 618 g/mol. The van der Waals surface area contributed by atoms with Crippen molar-refractivity contribution in [2.75, 3.05) is 45.1 Å². The zero-order valence-corrected chi connectivity index (χ0v) is 25.8. The van der Waals surface area contributed by atoms with Crippen LogP contribution in [0, 0.1) is 0 Å². The molecule has 0 saturated heterocycles. The number of aromatic nitrogens is 4. The molecule has 0 aliphatic carbocycles. The minimum Gasteiger partial charge on any atom is -0.394 e. The zero-order chi connectivity index (χ0) is 30.5. The molecule has 42 heavy (non-hydrogen) atoms. The molecule has 0 radical (unpaired) electrons. The van der Waals surface area contributed by atoms with Gasteiger partial charge in [-0.15, -0.1) is 0 Å². The normalized spacial score (nSPS) is 14.8. The summed E-state index contributed by atoms with van der Waals surface area (Å²) in [6.07, 6.45) is 14.2. The summed E-state index contributed by atoms with van der Waals surface area (Å²) in [7, 11) is -3.44. The number of nitrogens with zero attached hydrogens (tertiary/aromatic N) is 4. The fourth-order valence-electron chi connectivity index (χ4n) is 4.48. The highest BCUT2D eigenvalue weighted by Gasteiger charge is 2.25. The molecule has 2 unspecified atom stereocenters. The van der Waals surface area contributed by atoms with Gasteiger partial charge in [-0.05, 0) is 25.7 Å². The van der Waals surface area contributed by atoms with Crippen LogP contribution in [0.1, 0.15) is 89.9 Å². The number of hydrogen-bond acceptors (Lipinski definition) is 12. The van der Waals surface area contributed by atoms with Crippen LogP contribution in [0.15, 0.2) is 12.7 Å². The molecule has 0 spiro atoms. The van der Waals surface area contributed by atoms with E-state index in [1.165, 1.54) is 6.33 Å². The van der Waals surface area contributed by atoms with Gasteiger partial charge in [0.05, 0.1) is 51.6 Å². The topological polar surface area (TPSA) is 195 Å². The first-order valence-electron chi connectivity index (χ1n) is 15.3. The number of rotatable bonds is 27. The molecule has 0 saturated carbocycles. The molecular formula is C28H52N5O8P. The van der Waals surface area contributed by atoms with E-state index < -0.39 is 19.8 Å². The first-order chi connectivity index (χ1) is 20.4. The highest BCUT2D eigenvalue weighted by Crippen LogP contribution is 2.48. The molecule has 0 aromatic carbocycles. The third-order valence-electron chi connectivity index (χ3n) is 7.02. The van der Waals surface area contributed by atoms with Crippen LogP contribution in [0.2, 0.25) is 0 Å². The Morgan fingerprint density at radius 3 is 1.83 bits per heavy atom. The van der Waals surface area contributed by atoms with E-state index in [2.05, 4.69) is 15.0 Å². The first-order valence-corrected chi connectivity index (χ1v) is 17.1. The van der Waals surface area contributed by atoms with Gasteiger partial charge in [-0.2, -0.15) is 0 Å². The zero-order valence-electron chi connectivity index (χ0n) is 24.9. The van der Waals surface area contributed by atoms with Gasteiger partial charge in [0, 0.05) is 6.54 Å². The standard InChI is InChI=1S/C28H52N5O8P/c29-27-26-28(31-21-30-27)33(22-32-26)15-18-39-23-42(38,40-16-11-7-3-1-5-9-13-24(36)19-34)41-17-12-8-4-2-6-10-14-25(37)20-35/h21-22,24-25,34-37H,1-20,23H2,(H2,29,30,31). The number of nitrogen functional groups attached to an aromatic ring is 1. The lowest BCUT2D eigenvalue weighted by atomic mass is 10.1. The average Bonchev–Trinajstić information content (AvgIpc) is 3.41. The number of ether oxygens (including phenoxy) is 1. The van der Waals surface area contributed by atoms with Crippen molar-refractivity contribution in [2.24, 2.45) is 0 Å². The van der Waals surface area contributed by atoms with Gasteiger partial charge in [0.2, 0.25) is 0 Å². The predicted molar refractivity (Wildman–Crippen MR) is 161 cm³/mol. The van der Waals surface area contributed by atoms with Crippen LogP contribution >= 0.6 is 7.60 Å². The summed E-state index contributed by atoms with van der Waals surface area (Å²) in [6.45, 7) is 0.981. The molecule has 0 amide bonds. The minimum absolute atomic E-state index is 0.142. The second kappa shape index (κ2) is 21.9. The third-order valence-corrected chi connectivity index (χ3v) is 8.67. The molecule has 6 N–H and O–H groups in total. The molecule has 2 aromatic rings. The lowest BCUT2D eigenvalue weighted by molar-refractivity contribution is 0.0859. The Bertz CT molecular complexity index is 982. The molecule has 2 aromatic heterocycles. The number of hydrogen-bond donors (Lipinski definition) is 5. The Balaban J connectivity index is 1.69. The summed E-state index contributed by atoms with van der Waals surface area (Å²) in [5, 5.41) is 36.5. The van der Waals surface area contributed by atoms with Crippen molar-refractivity contribution < 1.29 is 38.8 Å². The lowest BCUT2D eigenvalue weighted by Gasteiger charge is -2.19. The second-order valence-electron chi connectivity index (χ2n) is 10.7. The molecule has 2 atom stereocenters. The third kappa shape index (κ3) is 15.2. The van der Waals surface area contributed by atoms with E-state index in [4.69, 9.17) is 29.7 Å². The van der Waals surface area contributed by atoms with Crippen LogP contribution in [0.3, 0.4) is 0 Å². The summed E-state index contributed by atoms with van der Waals surface area (Å²) in [4.78, 5) is 12.4. The molecular weight excluding hydrogens is 565 g/mol. The van der Waals surface area contributed by atoms with Crippen LogP contribution in [-0.2, 0) is 24.9 Å². The summed E-state index contributed by atoms with van der Waals surface area (Å²) in [5.74, 6) is 0.312. The fraction of sp³-hybridized carbons (Fsp3) is 0.821. The molecule has 0 aliphatic heterocycles. The van der Waals surface area contributed by atoms with Crippen molar-refractivity contribution in [3.05, 3.63) is 12.7 Å². The number of aliphatic hydroxyl groups is 4. The van der Waals surface area contributed by atoms with Crippen molar-refractivity contribution >= 4 is 24.6 Å². The summed E-state index contributed by atoms with van der Waals surface area (Å²) >= 11 is 0. The van der Waals surface area contributed by atoms with Crippen LogP contribution < -0.4 is 5.73 Å². The summed E-state index contributed by atoms with van der Waals surface area (Å²) < 4.78 is 32.5. The molecule has 13 nitrogen and oxygen atoms in total. The molecule has 242 valence electrons. The van der Waals surface area contributed by atoms with E-state index >= 15 is 0 Å². The monoisotopic (exact) mass is 617 g/mol. The van der Waals surface area contributed by atoms with Crippen LogP contribution in [0.25, 0.3) is 11.2 Å². The Morgan fingerprint density at radius 2 is 1.29 bits per heavy atom. The van der Waals surface area contributed by atoms with E-state index in [9.17, 15) is 14.8 Å². The first kappa shape index (κ1) is 36.5. The molecule has 2 heterocycles. The quantitative estimate of drug-likeness (QED) is 0.0720. The minimum atomic E-state index is -3.44. The second-order valence-corrected chi connectivity index (χ2v) is 12.7. The largest absolute Gasteiger partial charge is 0.394 e. The number of unbranched alkanes of at least 4 members (excludes halogenated alkanes) is 10. The molecule has 0 aliphatic rings. The summed E-state index contributed by atoms with van der Waals surface area (Å²) in [5.41, 5.74) is 6.98. The fourth-order valence-corrected chi connectivity index (χ4v) is 5.87. The maximum atomic E-state index is 13.5. The van der Waals surface area contributed by atoms with E-state index in [0.29, 0.717) is 49.6 Å². The summed E-state index contributed by atoms with van der Waals surface area (Å²) in [6, 6.07) is 0. The predicted octanol–water partition coefficient (Wildman–Crippen LogP) is 3.78. The Kier molecular flexibility index (Phi) is 19.0. The van der Waals surface area contributed by atoms with Gasteiger partial charge in [-0.25, -0.2) is 15.0 Å². The maximum absolute atomic E-state index is 13.5. The van der Waals surface area contributed by atoms with Crippen molar-refractivity contribution in [3.63, 3.8) is 0 Å². The smallest absolute Gasteiger partial charge is 0.356 e. The van der Waals surface area contributed by atoms with Gasteiger partial charge in [0.15, 0.2) is 11.5 Å². The van der Waals surface area contributed by atoms with E-state index in [1.807, 2.05) is 0 Å². The van der Waals surface area contributed by atoms with Crippen LogP contribution in [-0.4, -0.2) is 91.5 Å².